The van der Waals surface area contributed by atoms with Crippen molar-refractivity contribution in [3.63, 3.8) is 0 Å². The summed E-state index contributed by atoms with van der Waals surface area (Å²) in [5, 5.41) is 10.8. The minimum Gasteiger partial charge on any atom is -0.302 e. The molecule has 0 saturated carbocycles. The Bertz CT molecular complexity index is 166. The molecule has 1 fully saturated rings. The fourth-order valence-electron chi connectivity index (χ4n) is 1.80. The van der Waals surface area contributed by atoms with Crippen LogP contribution in [0.25, 0.3) is 0 Å². The van der Waals surface area contributed by atoms with Gasteiger partial charge in [-0.05, 0) is 32.1 Å². The summed E-state index contributed by atoms with van der Waals surface area (Å²) < 4.78 is 0. The Morgan fingerprint density at radius 1 is 1.25 bits per heavy atom. The molecule has 1 aliphatic heterocycles. The number of hydrogen-bond acceptors (Lipinski definition) is 3. The van der Waals surface area contributed by atoms with Gasteiger partial charge in [0.05, 0.1) is 0 Å². The van der Waals surface area contributed by atoms with E-state index in [0.717, 1.165) is 13.0 Å². The minimum atomic E-state index is 0.0139. The van der Waals surface area contributed by atoms with E-state index >= 15 is 0 Å². The number of nitrogens with zero attached hydrogens (tertiary/aromatic N) is 1. The molecular weight excluding hydrogens is 152 g/mol. The van der Waals surface area contributed by atoms with Crippen molar-refractivity contribution in [3.05, 3.63) is 0 Å². The molecule has 1 heterocycles. The van der Waals surface area contributed by atoms with Gasteiger partial charge in [-0.2, -0.15) is 0 Å². The maximum Gasteiger partial charge on any atom is 0.0370 e. The first-order chi connectivity index (χ1) is 5.42. The molecule has 1 rings (SSSR count). The van der Waals surface area contributed by atoms with Crippen molar-refractivity contribution in [2.45, 2.75) is 46.1 Å². The van der Waals surface area contributed by atoms with Gasteiger partial charge in [-0.25, -0.2) is 5.01 Å². The standard InChI is InChI=1S/C9H20N2O/c1-8(2)6-5-7-11(10-12)9(8,3)4/h10,12H,5-7H2,1-4H3. The molecule has 3 nitrogen and oxygen atoms in total. The van der Waals surface area contributed by atoms with Crippen molar-refractivity contribution in [2.24, 2.45) is 5.41 Å². The molecule has 0 aliphatic carbocycles. The lowest BCUT2D eigenvalue weighted by molar-refractivity contribution is -0.143. The highest BCUT2D eigenvalue weighted by Crippen LogP contribution is 2.41. The first kappa shape index (κ1) is 9.96. The lowest BCUT2D eigenvalue weighted by Crippen LogP contribution is -2.61. The second-order valence-electron chi connectivity index (χ2n) is 4.80. The van der Waals surface area contributed by atoms with E-state index in [-0.39, 0.29) is 11.0 Å². The molecule has 0 spiro atoms. The average molecular weight is 172 g/mol. The minimum absolute atomic E-state index is 0.0139. The van der Waals surface area contributed by atoms with Gasteiger partial charge in [0.2, 0.25) is 0 Å². The Kier molecular flexibility index (Phi) is 2.47. The highest BCUT2D eigenvalue weighted by Gasteiger charge is 2.44. The molecular formula is C9H20N2O. The summed E-state index contributed by atoms with van der Waals surface area (Å²) in [5.41, 5.74) is 2.55. The van der Waals surface area contributed by atoms with Crippen molar-refractivity contribution in [1.29, 1.82) is 0 Å². The molecule has 2 N–H and O–H groups in total. The molecule has 0 aromatic rings. The van der Waals surface area contributed by atoms with Crippen LogP contribution >= 0.6 is 0 Å². The highest BCUT2D eigenvalue weighted by atomic mass is 16.5. The summed E-state index contributed by atoms with van der Waals surface area (Å²) in [4.78, 5) is 0. The Labute approximate surface area is 74.7 Å². The Balaban J connectivity index is 2.82. The van der Waals surface area contributed by atoms with E-state index in [2.05, 4.69) is 33.3 Å². The molecule has 0 aromatic carbocycles. The van der Waals surface area contributed by atoms with Crippen LogP contribution in [0, 0.1) is 5.41 Å². The quantitative estimate of drug-likeness (QED) is 0.592. The van der Waals surface area contributed by atoms with Crippen LogP contribution in [0.1, 0.15) is 40.5 Å². The Morgan fingerprint density at radius 3 is 2.25 bits per heavy atom. The van der Waals surface area contributed by atoms with E-state index in [1.54, 1.807) is 0 Å². The van der Waals surface area contributed by atoms with Gasteiger partial charge in [0, 0.05) is 12.1 Å². The van der Waals surface area contributed by atoms with E-state index in [1.165, 1.54) is 6.42 Å². The summed E-state index contributed by atoms with van der Waals surface area (Å²) in [7, 11) is 0. The lowest BCUT2D eigenvalue weighted by Gasteiger charge is -2.52. The molecule has 1 saturated heterocycles. The van der Waals surface area contributed by atoms with E-state index in [1.807, 2.05) is 5.01 Å². The molecule has 0 unspecified atom stereocenters. The number of nitrogens with one attached hydrogen (secondary N) is 1. The van der Waals surface area contributed by atoms with Gasteiger partial charge in [0.1, 0.15) is 0 Å². The van der Waals surface area contributed by atoms with Gasteiger partial charge in [-0.15, -0.1) is 5.59 Å². The predicted molar refractivity (Wildman–Crippen MR) is 48.7 cm³/mol. The largest absolute Gasteiger partial charge is 0.302 e. The van der Waals surface area contributed by atoms with Crippen molar-refractivity contribution in [2.75, 3.05) is 6.54 Å². The zero-order valence-electron chi connectivity index (χ0n) is 8.52. The summed E-state index contributed by atoms with van der Waals surface area (Å²) >= 11 is 0. The molecule has 1 aliphatic rings. The normalized spacial score (nSPS) is 28.8. The van der Waals surface area contributed by atoms with Gasteiger partial charge >= 0.3 is 0 Å². The summed E-state index contributed by atoms with van der Waals surface area (Å²) in [5.74, 6) is 0. The van der Waals surface area contributed by atoms with Gasteiger partial charge < -0.3 is 5.21 Å². The predicted octanol–water partition coefficient (Wildman–Crippen LogP) is 1.78. The smallest absolute Gasteiger partial charge is 0.0370 e. The number of piperidine rings is 1. The van der Waals surface area contributed by atoms with Gasteiger partial charge in [-0.3, -0.25) is 0 Å². The molecule has 3 heteroatoms. The summed E-state index contributed by atoms with van der Waals surface area (Å²) in [6.45, 7) is 9.74. The third-order valence-corrected chi connectivity index (χ3v) is 3.64. The number of rotatable bonds is 1. The monoisotopic (exact) mass is 172 g/mol. The van der Waals surface area contributed by atoms with Crippen molar-refractivity contribution >= 4 is 0 Å². The van der Waals surface area contributed by atoms with Crippen LogP contribution in [-0.4, -0.2) is 22.3 Å². The van der Waals surface area contributed by atoms with Crippen LogP contribution in [0.2, 0.25) is 0 Å². The van der Waals surface area contributed by atoms with Gasteiger partial charge in [0.15, 0.2) is 0 Å². The van der Waals surface area contributed by atoms with Crippen LogP contribution in [-0.2, 0) is 0 Å². The van der Waals surface area contributed by atoms with Crippen LogP contribution in [0.4, 0.5) is 0 Å². The number of hydrazine groups is 1. The van der Waals surface area contributed by atoms with Crippen molar-refractivity contribution < 1.29 is 5.21 Å². The zero-order chi connectivity index (χ0) is 9.41. The van der Waals surface area contributed by atoms with Crippen molar-refractivity contribution in [3.8, 4) is 0 Å². The van der Waals surface area contributed by atoms with Crippen LogP contribution in [0.15, 0.2) is 0 Å². The third-order valence-electron chi connectivity index (χ3n) is 3.64. The Hall–Kier alpha value is -0.120. The van der Waals surface area contributed by atoms with E-state index < -0.39 is 0 Å². The van der Waals surface area contributed by atoms with E-state index in [4.69, 9.17) is 5.21 Å². The molecule has 0 radical (unpaired) electrons. The highest BCUT2D eigenvalue weighted by molar-refractivity contribution is 4.96. The molecule has 72 valence electrons. The average Bonchev–Trinajstić information content (AvgIpc) is 1.95. The zero-order valence-corrected chi connectivity index (χ0v) is 8.52. The van der Waals surface area contributed by atoms with Crippen molar-refractivity contribution in [1.82, 2.24) is 10.6 Å². The maximum atomic E-state index is 8.93. The summed E-state index contributed by atoms with van der Waals surface area (Å²) in [6, 6.07) is 0. The van der Waals surface area contributed by atoms with E-state index in [0.29, 0.717) is 0 Å². The topological polar surface area (TPSA) is 35.5 Å². The van der Waals surface area contributed by atoms with Crippen LogP contribution in [0.5, 0.6) is 0 Å². The maximum absolute atomic E-state index is 8.93. The third kappa shape index (κ3) is 1.37. The molecule has 0 aromatic heterocycles. The lowest BCUT2D eigenvalue weighted by atomic mass is 9.69. The molecule has 12 heavy (non-hydrogen) atoms. The molecule has 0 bridgehead atoms. The molecule has 0 amide bonds. The first-order valence-corrected chi connectivity index (χ1v) is 4.59. The Morgan fingerprint density at radius 2 is 1.83 bits per heavy atom. The van der Waals surface area contributed by atoms with Gasteiger partial charge in [-0.1, -0.05) is 13.8 Å². The fraction of sp³-hybridized carbons (Fsp3) is 1.00. The van der Waals surface area contributed by atoms with Gasteiger partial charge in [0.25, 0.3) is 0 Å². The molecule has 0 atom stereocenters. The first-order valence-electron chi connectivity index (χ1n) is 4.59. The second kappa shape index (κ2) is 2.98. The fourth-order valence-corrected chi connectivity index (χ4v) is 1.80. The SMILES string of the molecule is CC1(C)CCCN(NO)C1(C)C. The van der Waals surface area contributed by atoms with Crippen LogP contribution < -0.4 is 5.59 Å². The van der Waals surface area contributed by atoms with Crippen LogP contribution in [0.3, 0.4) is 0 Å². The van der Waals surface area contributed by atoms with E-state index in [9.17, 15) is 0 Å². The second-order valence-corrected chi connectivity index (χ2v) is 4.80. The summed E-state index contributed by atoms with van der Waals surface area (Å²) in [6.07, 6.45) is 2.36. The number of hydrogen-bond donors (Lipinski definition) is 2.